The first-order valence-corrected chi connectivity index (χ1v) is 8.00. The Morgan fingerprint density at radius 3 is 2.80 bits per heavy atom. The summed E-state index contributed by atoms with van der Waals surface area (Å²) in [7, 11) is 0. The van der Waals surface area contributed by atoms with Crippen molar-refractivity contribution in [3.63, 3.8) is 0 Å². The average Bonchev–Trinajstić information content (AvgIpc) is 3.01. The molecule has 20 heavy (non-hydrogen) atoms. The molecule has 0 bridgehead atoms. The number of aromatic nitrogens is 3. The van der Waals surface area contributed by atoms with Crippen molar-refractivity contribution in [1.82, 2.24) is 15.0 Å². The van der Waals surface area contributed by atoms with Crippen LogP contribution >= 0.6 is 22.7 Å². The normalized spacial score (nSPS) is 11.1. The quantitative estimate of drug-likeness (QED) is 0.774. The lowest BCUT2D eigenvalue weighted by Gasteiger charge is -2.05. The van der Waals surface area contributed by atoms with Crippen LogP contribution in [0.5, 0.6) is 0 Å². The fraction of sp³-hybridized carbons (Fsp3) is 0.308. The van der Waals surface area contributed by atoms with Gasteiger partial charge in [0.2, 0.25) is 5.95 Å². The van der Waals surface area contributed by atoms with Crippen LogP contribution in [0.15, 0.2) is 12.3 Å². The number of aryl methyl sites for hydroxylation is 2. The third-order valence-corrected chi connectivity index (χ3v) is 4.99. The van der Waals surface area contributed by atoms with Crippen molar-refractivity contribution in [1.29, 1.82) is 0 Å². The van der Waals surface area contributed by atoms with E-state index in [0.29, 0.717) is 12.5 Å². The number of thiazole rings is 1. The molecular formula is C13H15N5S2. The molecule has 0 aliphatic carbocycles. The van der Waals surface area contributed by atoms with Crippen LogP contribution in [0.1, 0.15) is 21.7 Å². The van der Waals surface area contributed by atoms with Crippen LogP contribution in [0, 0.1) is 6.92 Å². The molecule has 0 atom stereocenters. The van der Waals surface area contributed by atoms with Crippen LogP contribution in [-0.2, 0) is 13.0 Å². The molecular weight excluding hydrogens is 290 g/mol. The number of nitrogens with zero attached hydrogens (tertiary/aromatic N) is 3. The number of hydrogen-bond donors (Lipinski definition) is 2. The molecule has 0 aliphatic heterocycles. The smallest absolute Gasteiger partial charge is 0.223 e. The Hall–Kier alpha value is -1.73. The molecule has 5 nitrogen and oxygen atoms in total. The molecule has 104 valence electrons. The number of rotatable bonds is 4. The van der Waals surface area contributed by atoms with E-state index in [2.05, 4.69) is 33.3 Å². The van der Waals surface area contributed by atoms with E-state index in [1.807, 2.05) is 13.1 Å². The van der Waals surface area contributed by atoms with Gasteiger partial charge in [-0.05, 0) is 19.4 Å². The zero-order valence-corrected chi connectivity index (χ0v) is 12.9. The van der Waals surface area contributed by atoms with E-state index in [1.54, 1.807) is 22.7 Å². The molecule has 0 saturated carbocycles. The highest BCUT2D eigenvalue weighted by molar-refractivity contribution is 7.18. The number of nitrogen functional groups attached to an aromatic ring is 1. The Balaban J connectivity index is 1.91. The standard InChI is InChI=1S/C13H15N5S2/c1-3-8-4-10-11(17-13(14)18-12(10)20-8)16-6-9-5-15-7(2)19-9/h4-5H,3,6H2,1-2H3,(H3,14,16,17,18). The van der Waals surface area contributed by atoms with Crippen LogP contribution in [0.3, 0.4) is 0 Å². The number of anilines is 2. The minimum Gasteiger partial charge on any atom is -0.368 e. The molecule has 0 spiro atoms. The fourth-order valence-electron chi connectivity index (χ4n) is 1.95. The van der Waals surface area contributed by atoms with E-state index in [1.165, 1.54) is 9.75 Å². The van der Waals surface area contributed by atoms with Crippen LogP contribution in [0.25, 0.3) is 10.2 Å². The van der Waals surface area contributed by atoms with Crippen molar-refractivity contribution in [3.05, 3.63) is 27.0 Å². The summed E-state index contributed by atoms with van der Waals surface area (Å²) < 4.78 is 0. The van der Waals surface area contributed by atoms with Gasteiger partial charge in [0, 0.05) is 16.0 Å². The third-order valence-electron chi connectivity index (χ3n) is 2.91. The predicted octanol–water partition coefficient (Wildman–Crippen LogP) is 3.21. The van der Waals surface area contributed by atoms with Gasteiger partial charge in [-0.25, -0.2) is 9.97 Å². The van der Waals surface area contributed by atoms with Gasteiger partial charge in [0.15, 0.2) is 0 Å². The summed E-state index contributed by atoms with van der Waals surface area (Å²) in [6, 6.07) is 2.14. The molecule has 0 aromatic carbocycles. The number of fused-ring (bicyclic) bond motifs is 1. The minimum absolute atomic E-state index is 0.310. The van der Waals surface area contributed by atoms with E-state index >= 15 is 0 Å². The lowest BCUT2D eigenvalue weighted by molar-refractivity contribution is 1.12. The van der Waals surface area contributed by atoms with E-state index in [-0.39, 0.29) is 0 Å². The molecule has 0 amide bonds. The molecule has 3 aromatic heterocycles. The number of nitrogens with one attached hydrogen (secondary N) is 1. The van der Waals surface area contributed by atoms with Gasteiger partial charge >= 0.3 is 0 Å². The lowest BCUT2D eigenvalue weighted by atomic mass is 10.3. The van der Waals surface area contributed by atoms with Crippen molar-refractivity contribution in [2.45, 2.75) is 26.8 Å². The monoisotopic (exact) mass is 305 g/mol. The maximum atomic E-state index is 5.78. The number of nitrogens with two attached hydrogens (primary N) is 1. The first-order chi connectivity index (χ1) is 9.65. The topological polar surface area (TPSA) is 76.7 Å². The SMILES string of the molecule is CCc1cc2c(NCc3cnc(C)s3)nc(N)nc2s1. The van der Waals surface area contributed by atoms with Crippen LogP contribution in [0.4, 0.5) is 11.8 Å². The summed E-state index contributed by atoms with van der Waals surface area (Å²) in [4.78, 5) is 16.3. The van der Waals surface area contributed by atoms with Gasteiger partial charge in [-0.3, -0.25) is 0 Å². The van der Waals surface area contributed by atoms with Gasteiger partial charge in [-0.15, -0.1) is 22.7 Å². The molecule has 0 aliphatic rings. The van der Waals surface area contributed by atoms with Crippen LogP contribution in [-0.4, -0.2) is 15.0 Å². The maximum Gasteiger partial charge on any atom is 0.223 e. The number of hydrogen-bond acceptors (Lipinski definition) is 7. The third kappa shape index (κ3) is 2.59. The van der Waals surface area contributed by atoms with Crippen molar-refractivity contribution >= 4 is 44.7 Å². The zero-order valence-electron chi connectivity index (χ0n) is 11.3. The second-order valence-electron chi connectivity index (χ2n) is 4.41. The molecule has 0 radical (unpaired) electrons. The molecule has 0 fully saturated rings. The lowest BCUT2D eigenvalue weighted by Crippen LogP contribution is -2.03. The predicted molar refractivity (Wildman–Crippen MR) is 85.4 cm³/mol. The molecule has 0 saturated heterocycles. The van der Waals surface area contributed by atoms with Crippen molar-refractivity contribution in [3.8, 4) is 0 Å². The van der Waals surface area contributed by atoms with E-state index in [4.69, 9.17) is 5.73 Å². The molecule has 0 unspecified atom stereocenters. The zero-order chi connectivity index (χ0) is 14.1. The summed E-state index contributed by atoms with van der Waals surface area (Å²) in [5.74, 6) is 1.11. The Kier molecular flexibility index (Phi) is 3.54. The highest BCUT2D eigenvalue weighted by atomic mass is 32.1. The summed E-state index contributed by atoms with van der Waals surface area (Å²) in [5.41, 5.74) is 5.78. The van der Waals surface area contributed by atoms with Gasteiger partial charge in [0.25, 0.3) is 0 Å². The molecule has 3 N–H and O–H groups in total. The van der Waals surface area contributed by atoms with Gasteiger partial charge in [-0.2, -0.15) is 4.98 Å². The molecule has 3 rings (SSSR count). The van der Waals surface area contributed by atoms with Crippen molar-refractivity contribution in [2.75, 3.05) is 11.1 Å². The molecule has 7 heteroatoms. The largest absolute Gasteiger partial charge is 0.368 e. The van der Waals surface area contributed by atoms with E-state index in [9.17, 15) is 0 Å². The first kappa shape index (κ1) is 13.3. The summed E-state index contributed by atoms with van der Waals surface area (Å²) >= 11 is 3.35. The molecule has 3 aromatic rings. The fourth-order valence-corrected chi connectivity index (χ4v) is 3.66. The van der Waals surface area contributed by atoms with Crippen LogP contribution < -0.4 is 11.1 Å². The second kappa shape index (κ2) is 5.34. The summed E-state index contributed by atoms with van der Waals surface area (Å²) in [5, 5.41) is 5.45. The highest BCUT2D eigenvalue weighted by Crippen LogP contribution is 2.30. The summed E-state index contributed by atoms with van der Waals surface area (Å²) in [6.45, 7) is 4.84. The van der Waals surface area contributed by atoms with Crippen molar-refractivity contribution < 1.29 is 0 Å². The van der Waals surface area contributed by atoms with Gasteiger partial charge < -0.3 is 11.1 Å². The van der Waals surface area contributed by atoms with E-state index in [0.717, 1.165) is 27.5 Å². The van der Waals surface area contributed by atoms with Gasteiger partial charge in [0.1, 0.15) is 10.6 Å². The Labute approximate surface area is 124 Å². The Morgan fingerprint density at radius 1 is 1.25 bits per heavy atom. The average molecular weight is 305 g/mol. The van der Waals surface area contributed by atoms with Gasteiger partial charge in [0.05, 0.1) is 16.9 Å². The number of thiophene rings is 1. The second-order valence-corrected chi connectivity index (χ2v) is 6.85. The van der Waals surface area contributed by atoms with Crippen LogP contribution in [0.2, 0.25) is 0 Å². The minimum atomic E-state index is 0.310. The van der Waals surface area contributed by atoms with E-state index < -0.39 is 0 Å². The molecule has 3 heterocycles. The highest BCUT2D eigenvalue weighted by Gasteiger charge is 2.10. The van der Waals surface area contributed by atoms with Crippen molar-refractivity contribution in [2.24, 2.45) is 0 Å². The van der Waals surface area contributed by atoms with Gasteiger partial charge in [-0.1, -0.05) is 6.92 Å². The first-order valence-electron chi connectivity index (χ1n) is 6.37. The summed E-state index contributed by atoms with van der Waals surface area (Å²) in [6.07, 6.45) is 2.88. The maximum absolute atomic E-state index is 5.78. The Bertz CT molecular complexity index is 746. The Morgan fingerprint density at radius 2 is 2.10 bits per heavy atom.